The summed E-state index contributed by atoms with van der Waals surface area (Å²) in [6, 6.07) is 4.41. The van der Waals surface area contributed by atoms with Gasteiger partial charge >= 0.3 is 12.2 Å². The maximum atomic E-state index is 13.2. The molecular weight excluding hydrogens is 437 g/mol. The number of rotatable bonds is 3. The number of amides is 2. The summed E-state index contributed by atoms with van der Waals surface area (Å²) in [6.07, 6.45) is 1.45. The quantitative estimate of drug-likeness (QED) is 0.624. The molecule has 1 fully saturated rings. The maximum absolute atomic E-state index is 13.2. The molecule has 172 valence electrons. The Morgan fingerprint density at radius 2 is 2.00 bits per heavy atom. The molecule has 33 heavy (non-hydrogen) atoms. The lowest BCUT2D eigenvalue weighted by molar-refractivity contribution is -0.137. The number of hydrogen-bond donors (Lipinski definition) is 2. The Labute approximate surface area is 186 Å². The third-order valence-electron chi connectivity index (χ3n) is 6.38. The molecule has 5 heterocycles. The number of aryl methyl sites for hydroxylation is 1. The van der Waals surface area contributed by atoms with E-state index in [1.165, 1.54) is 6.20 Å². The van der Waals surface area contributed by atoms with E-state index in [9.17, 15) is 18.0 Å². The molecule has 5 rings (SSSR count). The zero-order valence-electron chi connectivity index (χ0n) is 17.5. The normalized spacial score (nSPS) is 19.8. The van der Waals surface area contributed by atoms with E-state index in [0.29, 0.717) is 31.9 Å². The van der Waals surface area contributed by atoms with Crippen molar-refractivity contribution in [2.45, 2.75) is 37.5 Å². The zero-order valence-corrected chi connectivity index (χ0v) is 17.5. The van der Waals surface area contributed by atoms with Crippen LogP contribution < -0.4 is 11.1 Å². The lowest BCUT2D eigenvalue weighted by atomic mass is 9.82. The molecule has 0 aliphatic carbocycles. The number of aromatic nitrogens is 5. The lowest BCUT2D eigenvalue weighted by Crippen LogP contribution is -2.40. The van der Waals surface area contributed by atoms with Crippen molar-refractivity contribution >= 4 is 11.8 Å². The lowest BCUT2D eigenvalue weighted by Gasteiger charge is -2.23. The number of alkyl halides is 3. The highest BCUT2D eigenvalue weighted by atomic mass is 19.4. The Balaban J connectivity index is 1.33. The molecule has 2 aliphatic heterocycles. The van der Waals surface area contributed by atoms with E-state index in [2.05, 4.69) is 25.6 Å². The summed E-state index contributed by atoms with van der Waals surface area (Å²) in [4.78, 5) is 18.2. The number of nitrogens with zero attached hydrogens (tertiary/aromatic N) is 6. The van der Waals surface area contributed by atoms with E-state index in [1.54, 1.807) is 23.4 Å². The van der Waals surface area contributed by atoms with Crippen molar-refractivity contribution in [1.29, 1.82) is 0 Å². The number of fused-ring (bicyclic) bond motifs is 2. The zero-order chi connectivity index (χ0) is 23.2. The number of nitrogens with two attached hydrogens (primary N) is 1. The van der Waals surface area contributed by atoms with E-state index >= 15 is 0 Å². The van der Waals surface area contributed by atoms with E-state index in [4.69, 9.17) is 5.73 Å². The molecular formula is C21H21F3N8O. The van der Waals surface area contributed by atoms with Gasteiger partial charge in [-0.25, -0.2) is 9.78 Å². The minimum Gasteiger partial charge on any atom is -0.383 e. The highest BCUT2D eigenvalue weighted by Gasteiger charge is 2.47. The van der Waals surface area contributed by atoms with Gasteiger partial charge in [0.2, 0.25) is 0 Å². The van der Waals surface area contributed by atoms with Crippen molar-refractivity contribution in [1.82, 2.24) is 35.2 Å². The number of nitrogen functional groups attached to an aromatic ring is 1. The fourth-order valence-corrected chi connectivity index (χ4v) is 4.62. The van der Waals surface area contributed by atoms with Gasteiger partial charge < -0.3 is 16.0 Å². The first kappa shape index (κ1) is 21.2. The van der Waals surface area contributed by atoms with E-state index in [1.807, 2.05) is 10.7 Å². The van der Waals surface area contributed by atoms with Crippen molar-refractivity contribution in [3.63, 3.8) is 0 Å². The van der Waals surface area contributed by atoms with E-state index < -0.39 is 17.6 Å². The molecule has 0 bridgehead atoms. The summed E-state index contributed by atoms with van der Waals surface area (Å²) in [5, 5.41) is 14.9. The average molecular weight is 458 g/mol. The molecule has 0 saturated carbocycles. The van der Waals surface area contributed by atoms with Crippen LogP contribution in [-0.2, 0) is 24.7 Å². The van der Waals surface area contributed by atoms with Gasteiger partial charge in [0, 0.05) is 55.2 Å². The molecule has 1 unspecified atom stereocenters. The number of urea groups is 1. The number of carbonyl (C=O) groups excluding carboxylic acids is 1. The predicted molar refractivity (Wildman–Crippen MR) is 112 cm³/mol. The first-order chi connectivity index (χ1) is 15.7. The van der Waals surface area contributed by atoms with Crippen LogP contribution in [0.2, 0.25) is 0 Å². The molecule has 9 nitrogen and oxygen atoms in total. The molecule has 3 aromatic heterocycles. The number of anilines is 1. The number of nitrogens with one attached hydrogen (secondary N) is 1. The van der Waals surface area contributed by atoms with E-state index in [-0.39, 0.29) is 17.0 Å². The van der Waals surface area contributed by atoms with Crippen LogP contribution in [0.15, 0.2) is 36.8 Å². The molecule has 1 saturated heterocycles. The van der Waals surface area contributed by atoms with Crippen LogP contribution in [-0.4, -0.2) is 49.0 Å². The second-order valence-electron chi connectivity index (χ2n) is 8.40. The predicted octanol–water partition coefficient (Wildman–Crippen LogP) is 2.59. The summed E-state index contributed by atoms with van der Waals surface area (Å²) in [7, 11) is 0. The smallest absolute Gasteiger partial charge is 0.383 e. The molecule has 12 heteroatoms. The Kier molecular flexibility index (Phi) is 4.94. The summed E-state index contributed by atoms with van der Waals surface area (Å²) >= 11 is 0. The maximum Gasteiger partial charge on any atom is 0.419 e. The van der Waals surface area contributed by atoms with Gasteiger partial charge in [0.1, 0.15) is 5.82 Å². The van der Waals surface area contributed by atoms with Crippen LogP contribution in [0.4, 0.5) is 23.8 Å². The van der Waals surface area contributed by atoms with Crippen LogP contribution in [0.3, 0.4) is 0 Å². The Morgan fingerprint density at radius 1 is 1.18 bits per heavy atom. The van der Waals surface area contributed by atoms with E-state index in [0.717, 1.165) is 30.2 Å². The fourth-order valence-electron chi connectivity index (χ4n) is 4.62. The van der Waals surface area contributed by atoms with Crippen LogP contribution in [0.25, 0.3) is 11.3 Å². The molecule has 1 atom stereocenters. The van der Waals surface area contributed by atoms with Crippen molar-refractivity contribution in [2.24, 2.45) is 0 Å². The summed E-state index contributed by atoms with van der Waals surface area (Å²) in [5.41, 5.74) is 6.62. The SMILES string of the molecule is Nc1ncc(-c2cc3n(n2)CCC32CCN(C(=O)NCc3ccnnc3)C2)cc1C(F)(F)F. The van der Waals surface area contributed by atoms with Crippen molar-refractivity contribution in [3.8, 4) is 11.3 Å². The fraction of sp³-hybridized carbons (Fsp3) is 0.381. The third kappa shape index (κ3) is 3.85. The Morgan fingerprint density at radius 3 is 2.76 bits per heavy atom. The van der Waals surface area contributed by atoms with Gasteiger partial charge in [0.05, 0.1) is 17.5 Å². The van der Waals surface area contributed by atoms with Gasteiger partial charge in [-0.3, -0.25) is 4.68 Å². The standard InChI is InChI=1S/C21H21F3N8O/c22-21(23,24)15-7-14(11-26-18(15)25)16-8-17-20(3-6-32(17)30-16)2-5-31(12-20)19(33)27-9-13-1-4-28-29-10-13/h1,4,7-8,10-11H,2-3,5-6,9,12H2,(H2,25,26)(H,27,33). The average Bonchev–Trinajstić information content (AvgIpc) is 3.49. The Hall–Kier alpha value is -3.70. The minimum absolute atomic E-state index is 0.167. The number of pyridine rings is 1. The highest BCUT2D eigenvalue weighted by Crippen LogP contribution is 2.44. The molecule has 0 aromatic carbocycles. The van der Waals surface area contributed by atoms with Crippen LogP contribution in [0.5, 0.6) is 0 Å². The molecule has 1 spiro atoms. The minimum atomic E-state index is -4.59. The number of likely N-dealkylation sites (tertiary alicyclic amines) is 1. The van der Waals surface area contributed by atoms with Crippen molar-refractivity contribution in [2.75, 3.05) is 18.8 Å². The van der Waals surface area contributed by atoms with Gasteiger partial charge in [-0.1, -0.05) is 0 Å². The number of halogens is 3. The number of carbonyl (C=O) groups is 1. The Bertz CT molecular complexity index is 1200. The number of hydrogen-bond acceptors (Lipinski definition) is 6. The van der Waals surface area contributed by atoms with Gasteiger partial charge in [-0.2, -0.15) is 28.5 Å². The molecule has 2 amide bonds. The van der Waals surface area contributed by atoms with Gasteiger partial charge in [-0.05, 0) is 36.6 Å². The largest absolute Gasteiger partial charge is 0.419 e. The van der Waals surface area contributed by atoms with Gasteiger partial charge in [0.25, 0.3) is 0 Å². The second-order valence-corrected chi connectivity index (χ2v) is 8.40. The summed E-state index contributed by atoms with van der Waals surface area (Å²) in [6.45, 7) is 2.10. The van der Waals surface area contributed by atoms with Crippen molar-refractivity contribution < 1.29 is 18.0 Å². The van der Waals surface area contributed by atoms with Gasteiger partial charge in [-0.15, -0.1) is 0 Å². The van der Waals surface area contributed by atoms with Crippen LogP contribution >= 0.6 is 0 Å². The third-order valence-corrected chi connectivity index (χ3v) is 6.38. The van der Waals surface area contributed by atoms with Crippen molar-refractivity contribution in [3.05, 3.63) is 53.6 Å². The van der Waals surface area contributed by atoms with Crippen LogP contribution in [0, 0.1) is 0 Å². The highest BCUT2D eigenvalue weighted by molar-refractivity contribution is 5.75. The first-order valence-corrected chi connectivity index (χ1v) is 10.4. The molecule has 2 aliphatic rings. The summed E-state index contributed by atoms with van der Waals surface area (Å²) in [5.74, 6) is -0.561. The van der Waals surface area contributed by atoms with Crippen LogP contribution in [0.1, 0.15) is 29.7 Å². The first-order valence-electron chi connectivity index (χ1n) is 10.4. The monoisotopic (exact) mass is 458 g/mol. The van der Waals surface area contributed by atoms with Gasteiger partial charge in [0.15, 0.2) is 0 Å². The topological polar surface area (TPSA) is 115 Å². The second kappa shape index (κ2) is 7.71. The molecule has 3 N–H and O–H groups in total. The summed E-state index contributed by atoms with van der Waals surface area (Å²) < 4.78 is 41.5. The molecule has 0 radical (unpaired) electrons. The molecule has 3 aromatic rings.